The summed E-state index contributed by atoms with van der Waals surface area (Å²) in [6.45, 7) is 6.45. The third-order valence-electron chi connectivity index (χ3n) is 3.82. The molecule has 1 saturated carbocycles. The lowest BCUT2D eigenvalue weighted by Gasteiger charge is -2.16. The summed E-state index contributed by atoms with van der Waals surface area (Å²) in [4.78, 5) is 0. The van der Waals surface area contributed by atoms with Crippen LogP contribution in [0.2, 0.25) is 5.15 Å². The predicted molar refractivity (Wildman–Crippen MR) is 72.8 cm³/mol. The Kier molecular flexibility index (Phi) is 4.13. The van der Waals surface area contributed by atoms with Gasteiger partial charge in [-0.25, -0.2) is 0 Å². The summed E-state index contributed by atoms with van der Waals surface area (Å²) in [5.41, 5.74) is 2.34. The summed E-state index contributed by atoms with van der Waals surface area (Å²) in [7, 11) is 0. The van der Waals surface area contributed by atoms with Crippen molar-refractivity contribution in [2.24, 2.45) is 0 Å². The quantitative estimate of drug-likeness (QED) is 0.689. The van der Waals surface area contributed by atoms with Gasteiger partial charge in [0.2, 0.25) is 0 Å². The van der Waals surface area contributed by atoms with Crippen LogP contribution in [0.3, 0.4) is 0 Å². The molecule has 2 nitrogen and oxygen atoms in total. The Morgan fingerprint density at radius 2 is 1.76 bits per heavy atom. The Balaban J connectivity index is 2.28. The van der Waals surface area contributed by atoms with Crippen molar-refractivity contribution in [1.29, 1.82) is 0 Å². The maximum atomic E-state index is 6.51. The summed E-state index contributed by atoms with van der Waals surface area (Å²) in [5.74, 6) is 0.460. The normalized spacial score (nSPS) is 18.6. The topological polar surface area (TPSA) is 17.8 Å². The molecule has 0 aromatic carbocycles. The van der Waals surface area contributed by atoms with Crippen LogP contribution in [-0.4, -0.2) is 9.78 Å². The number of hydrogen-bond acceptors (Lipinski definition) is 1. The van der Waals surface area contributed by atoms with Crippen LogP contribution in [-0.2, 0) is 0 Å². The molecule has 0 amide bonds. The molecule has 1 heterocycles. The van der Waals surface area contributed by atoms with Gasteiger partial charge in [-0.05, 0) is 25.7 Å². The van der Waals surface area contributed by atoms with E-state index in [0.29, 0.717) is 12.0 Å². The minimum absolute atomic E-state index is 0.460. The molecule has 1 aromatic rings. The Labute approximate surface area is 109 Å². The van der Waals surface area contributed by atoms with E-state index >= 15 is 0 Å². The second-order valence-corrected chi connectivity index (χ2v) is 5.89. The first-order valence-electron chi connectivity index (χ1n) is 6.85. The van der Waals surface area contributed by atoms with Gasteiger partial charge in [0.1, 0.15) is 5.15 Å². The van der Waals surface area contributed by atoms with Gasteiger partial charge in [-0.2, -0.15) is 5.10 Å². The van der Waals surface area contributed by atoms with Crippen LogP contribution in [0.5, 0.6) is 0 Å². The molecule has 0 saturated heterocycles. The summed E-state index contributed by atoms with van der Waals surface area (Å²) in [6.07, 6.45) is 7.83. The molecule has 1 aliphatic rings. The van der Waals surface area contributed by atoms with Crippen LogP contribution >= 0.6 is 11.6 Å². The third kappa shape index (κ3) is 2.67. The smallest absolute Gasteiger partial charge is 0.131 e. The lowest BCUT2D eigenvalue weighted by molar-refractivity contribution is 0.404. The van der Waals surface area contributed by atoms with Crippen molar-refractivity contribution < 1.29 is 0 Å². The van der Waals surface area contributed by atoms with Gasteiger partial charge in [0.25, 0.3) is 0 Å². The van der Waals surface area contributed by atoms with Gasteiger partial charge >= 0.3 is 0 Å². The van der Waals surface area contributed by atoms with Crippen LogP contribution < -0.4 is 0 Å². The summed E-state index contributed by atoms with van der Waals surface area (Å²) >= 11 is 6.51. The first kappa shape index (κ1) is 12.9. The number of aromatic nitrogens is 2. The van der Waals surface area contributed by atoms with E-state index in [0.717, 1.165) is 10.8 Å². The van der Waals surface area contributed by atoms with Crippen LogP contribution in [0.1, 0.15) is 75.6 Å². The van der Waals surface area contributed by atoms with E-state index < -0.39 is 0 Å². The highest BCUT2D eigenvalue weighted by Gasteiger charge is 2.22. The first-order valence-corrected chi connectivity index (χ1v) is 7.23. The zero-order valence-electron chi connectivity index (χ0n) is 11.2. The Hall–Kier alpha value is -0.500. The van der Waals surface area contributed by atoms with E-state index in [4.69, 9.17) is 11.6 Å². The van der Waals surface area contributed by atoms with Crippen molar-refractivity contribution in [3.63, 3.8) is 0 Å². The van der Waals surface area contributed by atoms with Gasteiger partial charge in [0.05, 0.1) is 11.7 Å². The maximum absolute atomic E-state index is 6.51. The van der Waals surface area contributed by atoms with E-state index in [-0.39, 0.29) is 0 Å². The minimum Gasteiger partial charge on any atom is -0.250 e. The predicted octanol–water partition coefficient (Wildman–Crippen LogP) is 4.86. The molecule has 1 aromatic heterocycles. The highest BCUT2D eigenvalue weighted by Crippen LogP contribution is 2.34. The lowest BCUT2D eigenvalue weighted by Crippen LogP contribution is -2.10. The molecule has 0 bridgehead atoms. The van der Waals surface area contributed by atoms with E-state index in [1.807, 2.05) is 0 Å². The monoisotopic (exact) mass is 254 g/mol. The van der Waals surface area contributed by atoms with Crippen molar-refractivity contribution in [1.82, 2.24) is 9.78 Å². The Morgan fingerprint density at radius 3 is 2.24 bits per heavy atom. The molecule has 1 fully saturated rings. The third-order valence-corrected chi connectivity index (χ3v) is 4.20. The van der Waals surface area contributed by atoms with Crippen LogP contribution in [0.4, 0.5) is 0 Å². The summed E-state index contributed by atoms with van der Waals surface area (Å²) < 4.78 is 2.09. The fraction of sp³-hybridized carbons (Fsp3) is 0.786. The van der Waals surface area contributed by atoms with Gasteiger partial charge < -0.3 is 0 Å². The standard InChI is InChI=1S/C14H23ClN2/c1-10(2)13-11(3)16-17(14(13)15)12-8-6-4-5-7-9-12/h10,12H,4-9H2,1-3H3. The zero-order chi connectivity index (χ0) is 12.4. The fourth-order valence-corrected chi connectivity index (χ4v) is 3.46. The molecule has 1 aliphatic carbocycles. The van der Waals surface area contributed by atoms with Crippen molar-refractivity contribution in [2.75, 3.05) is 0 Å². The molecule has 17 heavy (non-hydrogen) atoms. The Bertz CT molecular complexity index is 374. The van der Waals surface area contributed by atoms with Crippen LogP contribution in [0, 0.1) is 6.92 Å². The van der Waals surface area contributed by atoms with Crippen molar-refractivity contribution in [2.45, 2.75) is 71.3 Å². The second kappa shape index (κ2) is 5.43. The van der Waals surface area contributed by atoms with Gasteiger partial charge in [0.15, 0.2) is 0 Å². The first-order chi connectivity index (χ1) is 8.11. The van der Waals surface area contributed by atoms with Gasteiger partial charge in [-0.15, -0.1) is 0 Å². The molecule has 0 N–H and O–H groups in total. The molecular formula is C14H23ClN2. The van der Waals surface area contributed by atoms with Gasteiger partial charge in [-0.1, -0.05) is 51.1 Å². The fourth-order valence-electron chi connectivity index (χ4n) is 2.93. The van der Waals surface area contributed by atoms with Crippen LogP contribution in [0.15, 0.2) is 0 Å². The average molecular weight is 255 g/mol. The molecule has 3 heteroatoms. The van der Waals surface area contributed by atoms with Gasteiger partial charge in [-0.3, -0.25) is 4.68 Å². The Morgan fingerprint density at radius 1 is 1.18 bits per heavy atom. The van der Waals surface area contributed by atoms with E-state index in [2.05, 4.69) is 30.6 Å². The largest absolute Gasteiger partial charge is 0.250 e. The van der Waals surface area contributed by atoms with E-state index in [1.165, 1.54) is 44.1 Å². The average Bonchev–Trinajstić information content (AvgIpc) is 2.48. The minimum atomic E-state index is 0.460. The highest BCUT2D eigenvalue weighted by molar-refractivity contribution is 6.30. The summed E-state index contributed by atoms with van der Waals surface area (Å²) in [5, 5.41) is 5.56. The van der Waals surface area contributed by atoms with Crippen molar-refractivity contribution in [3.05, 3.63) is 16.4 Å². The SMILES string of the molecule is Cc1nn(C2CCCCCC2)c(Cl)c1C(C)C. The molecule has 0 radical (unpaired) electrons. The second-order valence-electron chi connectivity index (χ2n) is 5.53. The molecule has 0 aliphatic heterocycles. The van der Waals surface area contributed by atoms with E-state index in [1.54, 1.807) is 0 Å². The summed E-state index contributed by atoms with van der Waals surface area (Å²) in [6, 6.07) is 0.524. The number of aryl methyl sites for hydroxylation is 1. The number of halogens is 1. The molecule has 96 valence electrons. The van der Waals surface area contributed by atoms with E-state index in [9.17, 15) is 0 Å². The van der Waals surface area contributed by atoms with Crippen LogP contribution in [0.25, 0.3) is 0 Å². The molecule has 2 rings (SSSR count). The molecule has 0 spiro atoms. The number of hydrogen-bond donors (Lipinski definition) is 0. The highest BCUT2D eigenvalue weighted by atomic mass is 35.5. The maximum Gasteiger partial charge on any atom is 0.131 e. The van der Waals surface area contributed by atoms with Crippen molar-refractivity contribution >= 4 is 11.6 Å². The number of nitrogens with zero attached hydrogens (tertiary/aromatic N) is 2. The molecule has 0 unspecified atom stereocenters. The van der Waals surface area contributed by atoms with Gasteiger partial charge in [0, 0.05) is 5.56 Å². The number of rotatable bonds is 2. The zero-order valence-corrected chi connectivity index (χ0v) is 11.9. The molecule has 0 atom stereocenters. The molecular weight excluding hydrogens is 232 g/mol. The van der Waals surface area contributed by atoms with Crippen molar-refractivity contribution in [3.8, 4) is 0 Å². The lowest BCUT2D eigenvalue weighted by atomic mass is 10.0.